The average Bonchev–Trinajstić information content (AvgIpc) is 2.43. The predicted octanol–water partition coefficient (Wildman–Crippen LogP) is -0.0806. The molecule has 0 aromatic rings. The maximum absolute atomic E-state index is 11.3. The minimum atomic E-state index is -0.216. The summed E-state index contributed by atoms with van der Waals surface area (Å²) < 4.78 is 0. The Balaban J connectivity index is 2.04. The summed E-state index contributed by atoms with van der Waals surface area (Å²) in [4.78, 5) is 13.7. The summed E-state index contributed by atoms with van der Waals surface area (Å²) in [5.74, 6) is 0.0921. The number of rotatable bonds is 3. The number of carbonyl (C=O) groups is 1. The number of hydrogen-bond donors (Lipinski definition) is 2. The fourth-order valence-corrected chi connectivity index (χ4v) is 3.32. The summed E-state index contributed by atoms with van der Waals surface area (Å²) >= 11 is 0. The van der Waals surface area contributed by atoms with E-state index in [2.05, 4.69) is 11.9 Å². The molecule has 3 unspecified atom stereocenters. The second kappa shape index (κ2) is 4.10. The topological polar surface area (TPSA) is 72.3 Å². The van der Waals surface area contributed by atoms with Crippen LogP contribution in [0.3, 0.4) is 0 Å². The van der Waals surface area contributed by atoms with Gasteiger partial charge in [0.05, 0.1) is 5.92 Å². The fourth-order valence-electron chi connectivity index (χ4n) is 3.32. The molecule has 2 rings (SSSR count). The van der Waals surface area contributed by atoms with Gasteiger partial charge in [-0.1, -0.05) is 0 Å². The number of nitrogens with zero attached hydrogens (tertiary/aromatic N) is 1. The molecule has 0 radical (unpaired) electrons. The van der Waals surface area contributed by atoms with E-state index in [1.54, 1.807) is 0 Å². The molecule has 2 fully saturated rings. The smallest absolute Gasteiger partial charge is 0.222 e. The molecule has 0 spiro atoms. The molecule has 2 aliphatic heterocycles. The maximum Gasteiger partial charge on any atom is 0.222 e. The molecule has 4 N–H and O–H groups in total. The monoisotopic (exact) mass is 211 g/mol. The molecule has 0 aromatic heterocycles. The molecule has 2 bridgehead atoms. The van der Waals surface area contributed by atoms with Crippen LogP contribution in [-0.4, -0.2) is 36.5 Å². The molecule has 3 atom stereocenters. The van der Waals surface area contributed by atoms with Gasteiger partial charge in [0.2, 0.25) is 5.91 Å². The highest BCUT2D eigenvalue weighted by molar-refractivity contribution is 5.77. The molecule has 2 heterocycles. The van der Waals surface area contributed by atoms with E-state index in [1.165, 1.54) is 12.8 Å². The zero-order chi connectivity index (χ0) is 11.0. The first kappa shape index (κ1) is 10.9. The van der Waals surface area contributed by atoms with E-state index in [9.17, 15) is 4.79 Å². The summed E-state index contributed by atoms with van der Waals surface area (Å²) in [6.45, 7) is 0.406. The lowest BCUT2D eigenvalue weighted by Gasteiger charge is -2.38. The Morgan fingerprint density at radius 2 is 1.93 bits per heavy atom. The Morgan fingerprint density at radius 1 is 1.40 bits per heavy atom. The lowest BCUT2D eigenvalue weighted by molar-refractivity contribution is -0.124. The molecule has 15 heavy (non-hydrogen) atoms. The summed E-state index contributed by atoms with van der Waals surface area (Å²) in [5, 5.41) is 0. The van der Waals surface area contributed by atoms with Gasteiger partial charge in [-0.2, -0.15) is 0 Å². The van der Waals surface area contributed by atoms with Gasteiger partial charge in [-0.05, 0) is 38.6 Å². The second-order valence-corrected chi connectivity index (χ2v) is 5.03. The second-order valence-electron chi connectivity index (χ2n) is 5.03. The lowest BCUT2D eigenvalue weighted by Crippen LogP contribution is -2.46. The van der Waals surface area contributed by atoms with Crippen LogP contribution in [0.25, 0.3) is 0 Å². The van der Waals surface area contributed by atoms with Crippen LogP contribution in [0, 0.1) is 11.8 Å². The highest BCUT2D eigenvalue weighted by atomic mass is 16.1. The van der Waals surface area contributed by atoms with E-state index in [1.807, 2.05) is 0 Å². The van der Waals surface area contributed by atoms with Crippen LogP contribution in [0.1, 0.15) is 25.7 Å². The van der Waals surface area contributed by atoms with Gasteiger partial charge in [0, 0.05) is 18.6 Å². The first-order valence-corrected chi connectivity index (χ1v) is 5.84. The predicted molar refractivity (Wildman–Crippen MR) is 59.0 cm³/mol. The molecule has 86 valence electrons. The molecule has 1 amide bonds. The first-order chi connectivity index (χ1) is 7.13. The molecule has 4 nitrogen and oxygen atoms in total. The van der Waals surface area contributed by atoms with Crippen molar-refractivity contribution in [2.75, 3.05) is 13.6 Å². The summed E-state index contributed by atoms with van der Waals surface area (Å²) in [5.41, 5.74) is 11.0. The van der Waals surface area contributed by atoms with E-state index in [0.29, 0.717) is 24.5 Å². The number of primary amides is 1. The van der Waals surface area contributed by atoms with Crippen LogP contribution in [-0.2, 0) is 4.79 Å². The van der Waals surface area contributed by atoms with E-state index in [-0.39, 0.29) is 11.8 Å². The molecule has 2 aliphatic rings. The Hall–Kier alpha value is -0.610. The van der Waals surface area contributed by atoms with E-state index < -0.39 is 0 Å². The van der Waals surface area contributed by atoms with Gasteiger partial charge in [0.25, 0.3) is 0 Å². The van der Waals surface area contributed by atoms with Gasteiger partial charge in [-0.3, -0.25) is 4.79 Å². The Labute approximate surface area is 91.0 Å². The zero-order valence-electron chi connectivity index (χ0n) is 9.36. The number of nitrogens with two attached hydrogens (primary N) is 2. The zero-order valence-corrected chi connectivity index (χ0v) is 9.36. The van der Waals surface area contributed by atoms with Gasteiger partial charge in [-0.25, -0.2) is 0 Å². The molecule has 4 heteroatoms. The van der Waals surface area contributed by atoms with Crippen LogP contribution < -0.4 is 11.5 Å². The van der Waals surface area contributed by atoms with Crippen molar-refractivity contribution >= 4 is 5.91 Å². The van der Waals surface area contributed by atoms with Gasteiger partial charge in [0.1, 0.15) is 0 Å². The number of fused-ring (bicyclic) bond motifs is 2. The maximum atomic E-state index is 11.3. The van der Waals surface area contributed by atoms with Crippen LogP contribution in [0.4, 0.5) is 0 Å². The van der Waals surface area contributed by atoms with Crippen molar-refractivity contribution in [3.63, 3.8) is 0 Å². The minimum absolute atomic E-state index is 0.109. The standard InChI is InChI=1S/C11H21N3O/c1-14-8-2-3-9(14)5-7(4-8)10(6-12)11(13)15/h7-10H,2-6,12H2,1H3,(H2,13,15). The number of piperidine rings is 1. The van der Waals surface area contributed by atoms with Crippen molar-refractivity contribution < 1.29 is 4.79 Å². The van der Waals surface area contributed by atoms with E-state index in [0.717, 1.165) is 12.8 Å². The van der Waals surface area contributed by atoms with E-state index in [4.69, 9.17) is 11.5 Å². The quantitative estimate of drug-likeness (QED) is 0.686. The SMILES string of the molecule is CN1C2CCC1CC(C(CN)C(N)=O)C2. The minimum Gasteiger partial charge on any atom is -0.369 e. The van der Waals surface area contributed by atoms with Gasteiger partial charge >= 0.3 is 0 Å². The molecule has 0 saturated carbocycles. The molecule has 0 aromatic carbocycles. The first-order valence-electron chi connectivity index (χ1n) is 5.84. The van der Waals surface area contributed by atoms with Crippen molar-refractivity contribution in [1.29, 1.82) is 0 Å². The van der Waals surface area contributed by atoms with Crippen molar-refractivity contribution in [1.82, 2.24) is 4.90 Å². The fraction of sp³-hybridized carbons (Fsp3) is 0.909. The number of amides is 1. The van der Waals surface area contributed by atoms with Crippen molar-refractivity contribution in [2.45, 2.75) is 37.8 Å². The third-order valence-electron chi connectivity index (χ3n) is 4.32. The summed E-state index contributed by atoms with van der Waals surface area (Å²) in [6, 6.07) is 1.31. The Bertz CT molecular complexity index is 242. The largest absolute Gasteiger partial charge is 0.369 e. The van der Waals surface area contributed by atoms with Crippen LogP contribution in [0.5, 0.6) is 0 Å². The van der Waals surface area contributed by atoms with E-state index >= 15 is 0 Å². The van der Waals surface area contributed by atoms with Crippen LogP contribution >= 0.6 is 0 Å². The number of hydrogen-bond acceptors (Lipinski definition) is 3. The van der Waals surface area contributed by atoms with Crippen molar-refractivity contribution in [2.24, 2.45) is 23.3 Å². The lowest BCUT2D eigenvalue weighted by atomic mass is 9.80. The number of carbonyl (C=O) groups excluding carboxylic acids is 1. The van der Waals surface area contributed by atoms with Crippen molar-refractivity contribution in [3.05, 3.63) is 0 Å². The van der Waals surface area contributed by atoms with Gasteiger partial charge in [-0.15, -0.1) is 0 Å². The summed E-state index contributed by atoms with van der Waals surface area (Å²) in [7, 11) is 2.19. The van der Waals surface area contributed by atoms with Crippen molar-refractivity contribution in [3.8, 4) is 0 Å². The summed E-state index contributed by atoms with van der Waals surface area (Å²) in [6.07, 6.45) is 4.73. The third kappa shape index (κ3) is 1.88. The van der Waals surface area contributed by atoms with Gasteiger partial charge in [0.15, 0.2) is 0 Å². The Morgan fingerprint density at radius 3 is 2.33 bits per heavy atom. The Kier molecular flexibility index (Phi) is 2.98. The highest BCUT2D eigenvalue weighted by Gasteiger charge is 2.41. The highest BCUT2D eigenvalue weighted by Crippen LogP contribution is 2.40. The third-order valence-corrected chi connectivity index (χ3v) is 4.32. The average molecular weight is 211 g/mol. The normalized spacial score (nSPS) is 37.9. The molecular formula is C11H21N3O. The molecule has 0 aliphatic carbocycles. The van der Waals surface area contributed by atoms with Crippen LogP contribution in [0.15, 0.2) is 0 Å². The van der Waals surface area contributed by atoms with Crippen LogP contribution in [0.2, 0.25) is 0 Å². The van der Waals surface area contributed by atoms with Gasteiger partial charge < -0.3 is 16.4 Å². The molecule has 2 saturated heterocycles. The molecular weight excluding hydrogens is 190 g/mol.